The summed E-state index contributed by atoms with van der Waals surface area (Å²) in [6.45, 7) is 2.01. The van der Waals surface area contributed by atoms with Crippen molar-refractivity contribution in [2.45, 2.75) is 26.0 Å². The number of phenols is 1. The van der Waals surface area contributed by atoms with E-state index >= 15 is 0 Å². The molecule has 190 valence electrons. The van der Waals surface area contributed by atoms with E-state index in [9.17, 15) is 14.6 Å². The molecule has 1 unspecified atom stereocenters. The zero-order valence-corrected chi connectivity index (χ0v) is 20.4. The van der Waals surface area contributed by atoms with Gasteiger partial charge in [-0.3, -0.25) is 10.1 Å². The first-order valence-electron chi connectivity index (χ1n) is 12.2. The van der Waals surface area contributed by atoms with Crippen molar-refractivity contribution >= 4 is 27.8 Å². The minimum Gasteiger partial charge on any atom is -0.508 e. The first-order valence-corrected chi connectivity index (χ1v) is 12.2. The summed E-state index contributed by atoms with van der Waals surface area (Å²) >= 11 is 0. The van der Waals surface area contributed by atoms with Gasteiger partial charge in [0.2, 0.25) is 0 Å². The van der Waals surface area contributed by atoms with Crippen LogP contribution in [-0.4, -0.2) is 46.6 Å². The van der Waals surface area contributed by atoms with Crippen molar-refractivity contribution in [3.8, 4) is 39.4 Å². The van der Waals surface area contributed by atoms with Crippen molar-refractivity contribution in [2.75, 3.05) is 5.32 Å². The van der Waals surface area contributed by atoms with Crippen LogP contribution < -0.4 is 5.32 Å². The number of rotatable bonds is 7. The van der Waals surface area contributed by atoms with Crippen LogP contribution in [0.25, 0.3) is 55.7 Å². The smallest absolute Gasteiger partial charge is 0.181 e. The summed E-state index contributed by atoms with van der Waals surface area (Å²) in [6, 6.07) is 11.6. The number of anilines is 1. The van der Waals surface area contributed by atoms with Gasteiger partial charge < -0.3 is 20.5 Å². The van der Waals surface area contributed by atoms with Crippen LogP contribution >= 0.6 is 0 Å². The molecule has 0 saturated carbocycles. The topological polar surface area (TPSA) is 136 Å². The van der Waals surface area contributed by atoms with Crippen molar-refractivity contribution in [2.24, 2.45) is 0 Å². The van der Waals surface area contributed by atoms with Crippen LogP contribution in [0.1, 0.15) is 19.8 Å². The minimum absolute atomic E-state index is 0.146. The molecule has 5 aromatic heterocycles. The lowest BCUT2D eigenvalue weighted by Gasteiger charge is -2.13. The average molecular weight is 510 g/mol. The molecule has 0 fully saturated rings. The van der Waals surface area contributed by atoms with Gasteiger partial charge in [0.25, 0.3) is 0 Å². The molecule has 0 aliphatic rings. The summed E-state index contributed by atoms with van der Waals surface area (Å²) in [5.41, 5.74) is 6.29. The van der Waals surface area contributed by atoms with Crippen LogP contribution in [0.2, 0.25) is 0 Å². The molecule has 9 nitrogen and oxygen atoms in total. The molecule has 1 aromatic carbocycles. The number of benzene rings is 1. The number of halogens is 1. The third-order valence-electron chi connectivity index (χ3n) is 6.37. The molecule has 0 aliphatic carbocycles. The molecule has 6 rings (SSSR count). The van der Waals surface area contributed by atoms with Gasteiger partial charge in [0.05, 0.1) is 23.3 Å². The molecule has 0 saturated heterocycles. The number of aromatic hydroxyl groups is 1. The van der Waals surface area contributed by atoms with Gasteiger partial charge in [-0.05, 0) is 53.9 Å². The number of H-pyrrole nitrogens is 2. The Morgan fingerprint density at radius 2 is 1.84 bits per heavy atom. The highest BCUT2D eigenvalue weighted by molar-refractivity contribution is 6.00. The maximum Gasteiger partial charge on any atom is 0.181 e. The quantitative estimate of drug-likeness (QED) is 0.177. The number of phenolic OH excluding ortho intramolecular Hbond substituents is 1. The van der Waals surface area contributed by atoms with Crippen LogP contribution in [0, 0.1) is 5.82 Å². The normalized spacial score (nSPS) is 12.3. The van der Waals surface area contributed by atoms with E-state index in [1.165, 1.54) is 12.1 Å². The van der Waals surface area contributed by atoms with E-state index in [0.29, 0.717) is 29.0 Å². The first-order chi connectivity index (χ1) is 18.5. The molecular weight excluding hydrogens is 485 g/mol. The van der Waals surface area contributed by atoms with Crippen molar-refractivity contribution in [1.82, 2.24) is 30.1 Å². The Balaban J connectivity index is 1.40. The molecule has 5 heterocycles. The molecule has 5 N–H and O–H groups in total. The van der Waals surface area contributed by atoms with E-state index < -0.39 is 12.0 Å². The third-order valence-corrected chi connectivity index (χ3v) is 6.37. The number of nitrogens with zero attached hydrogens (tertiary/aromatic N) is 4. The standard InChI is InChI=1S/C28H24FN7O2/c1-2-3-25(38)33-19-7-16(12-30-14-19)17-9-23-26(35-36-28(23)32-13-17)24-11-22-21(4-5-31-27(22)34-24)15-6-18(29)10-20(37)8-15/h4-14,25,33,37-38H,2-3H2,1H3,(H,31,34)(H,32,35,36). The molecule has 38 heavy (non-hydrogen) atoms. The number of aromatic nitrogens is 6. The number of aromatic amines is 2. The molecular formula is C28H24FN7O2. The fourth-order valence-corrected chi connectivity index (χ4v) is 4.62. The lowest BCUT2D eigenvalue weighted by Crippen LogP contribution is -2.18. The zero-order chi connectivity index (χ0) is 26.2. The Morgan fingerprint density at radius 1 is 0.974 bits per heavy atom. The van der Waals surface area contributed by atoms with Gasteiger partial charge in [0.1, 0.15) is 23.4 Å². The maximum absolute atomic E-state index is 14.0. The zero-order valence-electron chi connectivity index (χ0n) is 20.4. The Hall–Kier alpha value is -4.83. The van der Waals surface area contributed by atoms with Gasteiger partial charge in [-0.15, -0.1) is 0 Å². The van der Waals surface area contributed by atoms with Crippen LogP contribution in [-0.2, 0) is 0 Å². The highest BCUT2D eigenvalue weighted by Gasteiger charge is 2.16. The van der Waals surface area contributed by atoms with Gasteiger partial charge in [-0.1, -0.05) is 13.3 Å². The van der Waals surface area contributed by atoms with Crippen molar-refractivity contribution in [3.05, 3.63) is 73.1 Å². The van der Waals surface area contributed by atoms with Crippen LogP contribution in [0.5, 0.6) is 5.75 Å². The predicted octanol–water partition coefficient (Wildman–Crippen LogP) is 5.61. The fraction of sp³-hybridized carbons (Fsp3) is 0.143. The van der Waals surface area contributed by atoms with Crippen LogP contribution in [0.4, 0.5) is 10.1 Å². The molecule has 0 bridgehead atoms. The molecule has 6 aromatic rings. The van der Waals surface area contributed by atoms with Crippen LogP contribution in [0.3, 0.4) is 0 Å². The predicted molar refractivity (Wildman–Crippen MR) is 144 cm³/mol. The summed E-state index contributed by atoms with van der Waals surface area (Å²) in [7, 11) is 0. The van der Waals surface area contributed by atoms with Gasteiger partial charge in [0.15, 0.2) is 5.65 Å². The summed E-state index contributed by atoms with van der Waals surface area (Å²) in [5.74, 6) is -0.667. The second-order valence-electron chi connectivity index (χ2n) is 9.11. The summed E-state index contributed by atoms with van der Waals surface area (Å²) < 4.78 is 14.0. The van der Waals surface area contributed by atoms with E-state index in [4.69, 9.17) is 0 Å². The summed E-state index contributed by atoms with van der Waals surface area (Å²) in [6.07, 6.45) is 7.64. The number of fused-ring (bicyclic) bond motifs is 2. The second kappa shape index (κ2) is 9.56. The fourth-order valence-electron chi connectivity index (χ4n) is 4.62. The molecule has 0 radical (unpaired) electrons. The van der Waals surface area contributed by atoms with E-state index in [1.807, 2.05) is 25.1 Å². The van der Waals surface area contributed by atoms with Gasteiger partial charge >= 0.3 is 0 Å². The van der Waals surface area contributed by atoms with Crippen molar-refractivity contribution in [1.29, 1.82) is 0 Å². The van der Waals surface area contributed by atoms with Gasteiger partial charge in [0, 0.05) is 46.6 Å². The van der Waals surface area contributed by atoms with E-state index in [2.05, 4.69) is 35.5 Å². The van der Waals surface area contributed by atoms with E-state index in [1.54, 1.807) is 30.9 Å². The average Bonchev–Trinajstić information content (AvgIpc) is 3.52. The third kappa shape index (κ3) is 4.41. The maximum atomic E-state index is 14.0. The van der Waals surface area contributed by atoms with E-state index in [0.717, 1.165) is 51.3 Å². The lowest BCUT2D eigenvalue weighted by atomic mass is 10.0. The largest absolute Gasteiger partial charge is 0.508 e. The minimum atomic E-state index is -0.644. The van der Waals surface area contributed by atoms with E-state index in [-0.39, 0.29) is 5.75 Å². The first kappa shape index (κ1) is 23.6. The number of aliphatic hydroxyl groups is 1. The van der Waals surface area contributed by atoms with Gasteiger partial charge in [-0.2, -0.15) is 5.10 Å². The lowest BCUT2D eigenvalue weighted by molar-refractivity contribution is 0.192. The molecule has 0 spiro atoms. The van der Waals surface area contributed by atoms with Crippen molar-refractivity contribution in [3.63, 3.8) is 0 Å². The van der Waals surface area contributed by atoms with Gasteiger partial charge in [-0.25, -0.2) is 14.4 Å². The Kier molecular flexibility index (Phi) is 5.93. The number of hydrogen-bond acceptors (Lipinski definition) is 7. The Morgan fingerprint density at radius 3 is 2.68 bits per heavy atom. The monoisotopic (exact) mass is 509 g/mol. The number of aliphatic hydroxyl groups excluding tert-OH is 1. The van der Waals surface area contributed by atoms with Crippen LogP contribution in [0.15, 0.2) is 67.3 Å². The summed E-state index contributed by atoms with van der Waals surface area (Å²) in [5, 5.41) is 32.1. The number of hydrogen-bond donors (Lipinski definition) is 5. The Bertz CT molecular complexity index is 1760. The molecule has 1 atom stereocenters. The highest BCUT2D eigenvalue weighted by Crippen LogP contribution is 2.35. The van der Waals surface area contributed by atoms with Crippen molar-refractivity contribution < 1.29 is 14.6 Å². The SMILES string of the molecule is CCCC(O)Nc1cncc(-c2cnc3n[nH]c(-c4cc5c(-c6cc(O)cc(F)c6)ccnc5[nH]4)c3c2)c1. The number of nitrogens with one attached hydrogen (secondary N) is 3. The molecule has 0 amide bonds. The Labute approximate surface area is 216 Å². The summed E-state index contributed by atoms with van der Waals surface area (Å²) in [4.78, 5) is 16.6. The molecule has 10 heteroatoms. The number of pyridine rings is 3. The highest BCUT2D eigenvalue weighted by atomic mass is 19.1. The molecule has 0 aliphatic heterocycles. The second-order valence-corrected chi connectivity index (χ2v) is 9.11.